The SMILES string of the molecule is C=CCC(CC(=O)OC(C)(C)C)C(=O)NCC(OC(=O)C(CC=C)NC(=O)OCC1c2ccccc2-c2ccccc21)c1ccccc1. The Bertz CT molecular complexity index is 1570. The summed E-state index contributed by atoms with van der Waals surface area (Å²) in [4.78, 5) is 52.1. The first kappa shape index (κ1) is 35.7. The van der Waals surface area contributed by atoms with E-state index in [0.29, 0.717) is 5.56 Å². The highest BCUT2D eigenvalue weighted by Crippen LogP contribution is 2.44. The standard InChI is InChI=1S/C39H44N2O7/c1-6-15-27(23-35(42)48-39(3,4)5)36(43)40-24-34(26-17-9-8-10-18-26)47-37(44)33(16-7-2)41-38(45)46-25-32-30-21-13-11-19-28(30)29-20-12-14-22-31(29)32/h6-14,17-22,27,32-34H,1-2,15-16,23-25H2,3-5H3,(H,40,43)(H,41,45). The van der Waals surface area contributed by atoms with E-state index in [-0.39, 0.29) is 38.3 Å². The Balaban J connectivity index is 1.40. The molecule has 4 rings (SSSR count). The second-order valence-corrected chi connectivity index (χ2v) is 12.6. The van der Waals surface area contributed by atoms with E-state index in [2.05, 4.69) is 35.9 Å². The molecule has 1 aliphatic carbocycles. The lowest BCUT2D eigenvalue weighted by atomic mass is 9.98. The van der Waals surface area contributed by atoms with Crippen molar-refractivity contribution in [2.75, 3.05) is 13.2 Å². The van der Waals surface area contributed by atoms with Crippen LogP contribution in [-0.2, 0) is 28.6 Å². The topological polar surface area (TPSA) is 120 Å². The molecule has 3 aromatic rings. The number of benzene rings is 3. The summed E-state index contributed by atoms with van der Waals surface area (Å²) in [6, 6.07) is 23.9. The van der Waals surface area contributed by atoms with Gasteiger partial charge < -0.3 is 24.8 Å². The van der Waals surface area contributed by atoms with Crippen molar-refractivity contribution >= 4 is 23.9 Å². The summed E-state index contributed by atoms with van der Waals surface area (Å²) < 4.78 is 16.9. The first-order valence-electron chi connectivity index (χ1n) is 16.1. The highest BCUT2D eigenvalue weighted by Gasteiger charge is 2.31. The molecule has 0 saturated carbocycles. The van der Waals surface area contributed by atoms with Gasteiger partial charge in [-0.15, -0.1) is 13.2 Å². The molecule has 9 nitrogen and oxygen atoms in total. The van der Waals surface area contributed by atoms with Crippen molar-refractivity contribution in [3.63, 3.8) is 0 Å². The van der Waals surface area contributed by atoms with Crippen molar-refractivity contribution in [2.45, 2.75) is 63.7 Å². The highest BCUT2D eigenvalue weighted by atomic mass is 16.6. The van der Waals surface area contributed by atoms with Crippen molar-refractivity contribution < 1.29 is 33.4 Å². The summed E-state index contributed by atoms with van der Waals surface area (Å²) in [5.41, 5.74) is 4.31. The second-order valence-electron chi connectivity index (χ2n) is 12.6. The molecule has 2 amide bonds. The molecule has 0 aromatic heterocycles. The van der Waals surface area contributed by atoms with Crippen LogP contribution in [0.1, 0.15) is 68.7 Å². The van der Waals surface area contributed by atoms with E-state index in [0.717, 1.165) is 22.3 Å². The van der Waals surface area contributed by atoms with Gasteiger partial charge in [0.25, 0.3) is 0 Å². The summed E-state index contributed by atoms with van der Waals surface area (Å²) in [7, 11) is 0. The Hall–Kier alpha value is -5.18. The van der Waals surface area contributed by atoms with Gasteiger partial charge in [0.15, 0.2) is 0 Å². The average molecular weight is 653 g/mol. The number of carbonyl (C=O) groups excluding carboxylic acids is 4. The molecule has 48 heavy (non-hydrogen) atoms. The van der Waals surface area contributed by atoms with Gasteiger partial charge in [0.1, 0.15) is 24.4 Å². The largest absolute Gasteiger partial charge is 0.460 e. The van der Waals surface area contributed by atoms with Gasteiger partial charge in [-0.3, -0.25) is 9.59 Å². The van der Waals surface area contributed by atoms with Crippen LogP contribution in [0.5, 0.6) is 0 Å². The van der Waals surface area contributed by atoms with Crippen LogP contribution in [0, 0.1) is 5.92 Å². The Morgan fingerprint density at radius 3 is 2.00 bits per heavy atom. The lowest BCUT2D eigenvalue weighted by Gasteiger charge is -2.24. The minimum absolute atomic E-state index is 0.0672. The average Bonchev–Trinajstić information content (AvgIpc) is 3.38. The van der Waals surface area contributed by atoms with E-state index >= 15 is 0 Å². The summed E-state index contributed by atoms with van der Waals surface area (Å²) in [5, 5.41) is 5.44. The molecule has 0 spiro atoms. The molecule has 9 heteroatoms. The molecule has 1 aliphatic rings. The van der Waals surface area contributed by atoms with Crippen molar-refractivity contribution in [2.24, 2.45) is 5.92 Å². The predicted octanol–water partition coefficient (Wildman–Crippen LogP) is 6.79. The Labute approximate surface area is 282 Å². The number of nitrogens with one attached hydrogen (secondary N) is 2. The molecule has 0 radical (unpaired) electrons. The molecule has 0 saturated heterocycles. The van der Waals surface area contributed by atoms with E-state index in [4.69, 9.17) is 14.2 Å². The summed E-state index contributed by atoms with van der Waals surface area (Å²) in [6.45, 7) is 12.7. The molecule has 252 valence electrons. The van der Waals surface area contributed by atoms with E-state index in [1.807, 2.05) is 42.5 Å². The fourth-order valence-corrected chi connectivity index (χ4v) is 5.69. The molecule has 3 unspecified atom stereocenters. The van der Waals surface area contributed by atoms with Crippen molar-refractivity contribution in [1.29, 1.82) is 0 Å². The molecule has 0 aliphatic heterocycles. The number of fused-ring (bicyclic) bond motifs is 3. The highest BCUT2D eigenvalue weighted by molar-refractivity contribution is 5.84. The zero-order valence-electron chi connectivity index (χ0n) is 27.8. The predicted molar refractivity (Wildman–Crippen MR) is 184 cm³/mol. The maximum Gasteiger partial charge on any atom is 0.407 e. The maximum absolute atomic E-state index is 13.5. The van der Waals surface area contributed by atoms with E-state index < -0.39 is 47.6 Å². The monoisotopic (exact) mass is 652 g/mol. The Morgan fingerprint density at radius 1 is 0.833 bits per heavy atom. The van der Waals surface area contributed by atoms with Gasteiger partial charge in [-0.2, -0.15) is 0 Å². The molecular weight excluding hydrogens is 608 g/mol. The number of alkyl carbamates (subject to hydrolysis) is 1. The first-order chi connectivity index (χ1) is 23.0. The van der Waals surface area contributed by atoms with Gasteiger partial charge in [0, 0.05) is 5.92 Å². The molecule has 0 fully saturated rings. The van der Waals surface area contributed by atoms with Crippen LogP contribution in [0.4, 0.5) is 4.79 Å². The van der Waals surface area contributed by atoms with Gasteiger partial charge in [-0.05, 0) is 61.4 Å². The quantitative estimate of drug-likeness (QED) is 0.105. The van der Waals surface area contributed by atoms with Gasteiger partial charge in [0.05, 0.1) is 18.9 Å². The maximum atomic E-state index is 13.5. The third kappa shape index (κ3) is 9.67. The minimum Gasteiger partial charge on any atom is -0.460 e. The fourth-order valence-electron chi connectivity index (χ4n) is 5.69. The third-order valence-corrected chi connectivity index (χ3v) is 7.87. The van der Waals surface area contributed by atoms with Crippen LogP contribution >= 0.6 is 0 Å². The molecule has 0 bridgehead atoms. The zero-order valence-corrected chi connectivity index (χ0v) is 27.8. The second kappa shape index (κ2) is 16.6. The fraction of sp³-hybridized carbons (Fsp3) is 0.333. The first-order valence-corrected chi connectivity index (χ1v) is 16.1. The summed E-state index contributed by atoms with van der Waals surface area (Å²) in [5.74, 6) is -2.48. The number of hydrogen-bond acceptors (Lipinski definition) is 7. The molecule has 2 N–H and O–H groups in total. The van der Waals surface area contributed by atoms with Crippen LogP contribution in [0.15, 0.2) is 104 Å². The van der Waals surface area contributed by atoms with Crippen LogP contribution in [0.3, 0.4) is 0 Å². The van der Waals surface area contributed by atoms with Crippen LogP contribution in [-0.4, -0.2) is 48.7 Å². The van der Waals surface area contributed by atoms with Gasteiger partial charge in [0.2, 0.25) is 5.91 Å². The Kier molecular flexibility index (Phi) is 12.3. The van der Waals surface area contributed by atoms with E-state index in [1.165, 1.54) is 6.08 Å². The Morgan fingerprint density at radius 2 is 1.42 bits per heavy atom. The van der Waals surface area contributed by atoms with Crippen LogP contribution in [0.2, 0.25) is 0 Å². The number of amides is 2. The number of hydrogen-bond donors (Lipinski definition) is 2. The molecular formula is C39H44N2O7. The molecule has 3 aromatic carbocycles. The van der Waals surface area contributed by atoms with Crippen molar-refractivity contribution in [3.05, 3.63) is 121 Å². The number of rotatable bonds is 15. The van der Waals surface area contributed by atoms with E-state index in [9.17, 15) is 19.2 Å². The minimum atomic E-state index is -1.08. The summed E-state index contributed by atoms with van der Waals surface area (Å²) >= 11 is 0. The summed E-state index contributed by atoms with van der Waals surface area (Å²) in [6.07, 6.45) is 1.64. The number of allylic oxidation sites excluding steroid dienone is 1. The smallest absolute Gasteiger partial charge is 0.407 e. The number of esters is 2. The lowest BCUT2D eigenvalue weighted by Crippen LogP contribution is -2.43. The third-order valence-electron chi connectivity index (χ3n) is 7.87. The lowest BCUT2D eigenvalue weighted by molar-refractivity contribution is -0.157. The number of ether oxygens (including phenoxy) is 3. The van der Waals surface area contributed by atoms with Gasteiger partial charge >= 0.3 is 18.0 Å². The van der Waals surface area contributed by atoms with E-state index in [1.54, 1.807) is 51.1 Å². The van der Waals surface area contributed by atoms with Crippen molar-refractivity contribution in [1.82, 2.24) is 10.6 Å². The van der Waals surface area contributed by atoms with Gasteiger partial charge in [-0.25, -0.2) is 9.59 Å². The van der Waals surface area contributed by atoms with Gasteiger partial charge in [-0.1, -0.05) is 91.0 Å². The molecule has 3 atom stereocenters. The normalized spacial score (nSPS) is 13.9. The molecule has 0 heterocycles. The number of carbonyl (C=O) groups is 4. The van der Waals surface area contributed by atoms with Crippen LogP contribution < -0.4 is 10.6 Å². The van der Waals surface area contributed by atoms with Crippen molar-refractivity contribution in [3.8, 4) is 11.1 Å². The van der Waals surface area contributed by atoms with Crippen LogP contribution in [0.25, 0.3) is 11.1 Å². The zero-order chi connectivity index (χ0) is 34.7.